The van der Waals surface area contributed by atoms with Crippen LogP contribution in [0.3, 0.4) is 0 Å². The van der Waals surface area contributed by atoms with Gasteiger partial charge in [0, 0.05) is 25.5 Å². The van der Waals surface area contributed by atoms with E-state index in [1.807, 2.05) is 80.6 Å². The van der Waals surface area contributed by atoms with Crippen molar-refractivity contribution in [1.29, 1.82) is 0 Å². The molecule has 2 aromatic carbocycles. The fourth-order valence-electron chi connectivity index (χ4n) is 5.89. The van der Waals surface area contributed by atoms with Gasteiger partial charge in [0.25, 0.3) is 0 Å². The average molecular weight is 589 g/mol. The van der Waals surface area contributed by atoms with E-state index in [4.69, 9.17) is 4.74 Å². The minimum absolute atomic E-state index is 0.120. The topological polar surface area (TPSA) is 117 Å². The SMILES string of the molecule is CC(=O)N1CCOc2ccccc2/C=C\CNC(=O)[C@H](Cc2ccccc2)NC(=O)C2(CCCC2)NC(=O)[C@@H]1CC(C)C. The van der Waals surface area contributed by atoms with Gasteiger partial charge in [0.2, 0.25) is 23.6 Å². The van der Waals surface area contributed by atoms with Crippen molar-refractivity contribution in [3.63, 3.8) is 0 Å². The molecule has 2 aromatic rings. The molecule has 3 N–H and O–H groups in total. The number of benzene rings is 2. The quantitative estimate of drug-likeness (QED) is 0.505. The summed E-state index contributed by atoms with van der Waals surface area (Å²) in [4.78, 5) is 55.9. The predicted octanol–water partition coefficient (Wildman–Crippen LogP) is 3.63. The summed E-state index contributed by atoms with van der Waals surface area (Å²) in [5.74, 6) is -0.535. The molecule has 230 valence electrons. The van der Waals surface area contributed by atoms with Crippen LogP contribution < -0.4 is 20.7 Å². The molecule has 0 bridgehead atoms. The number of rotatable bonds is 4. The van der Waals surface area contributed by atoms with Crippen molar-refractivity contribution in [1.82, 2.24) is 20.9 Å². The number of carbonyl (C=O) groups excluding carboxylic acids is 4. The molecule has 1 heterocycles. The summed E-state index contributed by atoms with van der Waals surface area (Å²) in [6.45, 7) is 6.11. The first-order valence-corrected chi connectivity index (χ1v) is 15.3. The fourth-order valence-corrected chi connectivity index (χ4v) is 5.89. The molecule has 1 aliphatic heterocycles. The van der Waals surface area contributed by atoms with E-state index in [2.05, 4.69) is 16.0 Å². The van der Waals surface area contributed by atoms with Crippen LogP contribution in [-0.4, -0.2) is 65.8 Å². The lowest BCUT2D eigenvalue weighted by Gasteiger charge is -2.36. The Kier molecular flexibility index (Phi) is 11.0. The second kappa shape index (κ2) is 14.8. The summed E-state index contributed by atoms with van der Waals surface area (Å²) < 4.78 is 6.09. The van der Waals surface area contributed by atoms with E-state index in [0.717, 1.165) is 24.0 Å². The highest BCUT2D eigenvalue weighted by molar-refractivity contribution is 5.97. The Labute approximate surface area is 254 Å². The van der Waals surface area contributed by atoms with Crippen LogP contribution in [0.1, 0.15) is 64.0 Å². The number of hydrogen-bond donors (Lipinski definition) is 3. The number of ether oxygens (including phenoxy) is 1. The predicted molar refractivity (Wildman–Crippen MR) is 166 cm³/mol. The molecule has 0 aromatic heterocycles. The van der Waals surface area contributed by atoms with Crippen LogP contribution in [0.2, 0.25) is 0 Å². The number of hydrogen-bond acceptors (Lipinski definition) is 5. The summed E-state index contributed by atoms with van der Waals surface area (Å²) in [5.41, 5.74) is 0.566. The Morgan fingerprint density at radius 1 is 1.00 bits per heavy atom. The summed E-state index contributed by atoms with van der Waals surface area (Å²) in [7, 11) is 0. The smallest absolute Gasteiger partial charge is 0.246 e. The van der Waals surface area contributed by atoms with Gasteiger partial charge in [-0.25, -0.2) is 0 Å². The number of nitrogens with one attached hydrogen (secondary N) is 3. The minimum atomic E-state index is -1.16. The third-order valence-electron chi connectivity index (χ3n) is 8.14. The zero-order valence-electron chi connectivity index (χ0n) is 25.4. The van der Waals surface area contributed by atoms with Crippen molar-refractivity contribution in [2.75, 3.05) is 19.7 Å². The molecule has 0 unspecified atom stereocenters. The van der Waals surface area contributed by atoms with Gasteiger partial charge in [0.15, 0.2) is 0 Å². The fraction of sp³-hybridized carbons (Fsp3) is 0.471. The van der Waals surface area contributed by atoms with Gasteiger partial charge in [0.05, 0.1) is 6.54 Å². The number of para-hydroxylation sites is 1. The molecule has 1 saturated carbocycles. The van der Waals surface area contributed by atoms with E-state index in [9.17, 15) is 19.2 Å². The Morgan fingerprint density at radius 3 is 2.40 bits per heavy atom. The lowest BCUT2D eigenvalue weighted by Crippen LogP contribution is -2.64. The molecule has 1 fully saturated rings. The summed E-state index contributed by atoms with van der Waals surface area (Å²) in [5, 5.41) is 8.99. The highest BCUT2D eigenvalue weighted by atomic mass is 16.5. The maximum absolute atomic E-state index is 14.0. The second-order valence-corrected chi connectivity index (χ2v) is 11.9. The molecular formula is C34H44N4O5. The van der Waals surface area contributed by atoms with Crippen LogP contribution in [0, 0.1) is 5.92 Å². The van der Waals surface area contributed by atoms with E-state index in [0.29, 0.717) is 31.4 Å². The largest absolute Gasteiger partial charge is 0.491 e. The summed E-state index contributed by atoms with van der Waals surface area (Å²) >= 11 is 0. The lowest BCUT2D eigenvalue weighted by molar-refractivity contribution is -0.143. The lowest BCUT2D eigenvalue weighted by atomic mass is 9.93. The molecule has 43 heavy (non-hydrogen) atoms. The third-order valence-corrected chi connectivity index (χ3v) is 8.14. The molecule has 4 amide bonds. The van der Waals surface area contributed by atoms with Crippen LogP contribution in [0.15, 0.2) is 60.7 Å². The first-order chi connectivity index (χ1) is 20.7. The van der Waals surface area contributed by atoms with Gasteiger partial charge >= 0.3 is 0 Å². The summed E-state index contributed by atoms with van der Waals surface area (Å²) in [6, 6.07) is 15.4. The van der Waals surface area contributed by atoms with Crippen molar-refractivity contribution in [3.8, 4) is 5.75 Å². The Morgan fingerprint density at radius 2 is 1.70 bits per heavy atom. The molecule has 1 aliphatic carbocycles. The highest BCUT2D eigenvalue weighted by Crippen LogP contribution is 2.31. The molecule has 9 nitrogen and oxygen atoms in total. The molecule has 2 aliphatic rings. The zero-order valence-corrected chi connectivity index (χ0v) is 25.4. The van der Waals surface area contributed by atoms with E-state index < -0.39 is 17.6 Å². The number of fused-ring (bicyclic) bond motifs is 1. The Balaban J connectivity index is 1.70. The van der Waals surface area contributed by atoms with E-state index in [1.54, 1.807) is 4.90 Å². The van der Waals surface area contributed by atoms with E-state index >= 15 is 0 Å². The minimum Gasteiger partial charge on any atom is -0.491 e. The first kappa shape index (κ1) is 31.8. The number of amides is 4. The van der Waals surface area contributed by atoms with Crippen LogP contribution in [0.5, 0.6) is 5.75 Å². The normalized spacial score (nSPS) is 22.4. The van der Waals surface area contributed by atoms with Gasteiger partial charge < -0.3 is 25.6 Å². The van der Waals surface area contributed by atoms with Crippen LogP contribution >= 0.6 is 0 Å². The molecule has 0 radical (unpaired) electrons. The van der Waals surface area contributed by atoms with Gasteiger partial charge in [0.1, 0.15) is 30.0 Å². The molecular weight excluding hydrogens is 544 g/mol. The average Bonchev–Trinajstić information content (AvgIpc) is 3.46. The van der Waals surface area contributed by atoms with Crippen molar-refractivity contribution in [3.05, 3.63) is 71.8 Å². The summed E-state index contributed by atoms with van der Waals surface area (Å²) in [6.07, 6.45) is 6.90. The Hall–Kier alpha value is -4.14. The zero-order chi connectivity index (χ0) is 30.8. The maximum Gasteiger partial charge on any atom is 0.246 e. The number of nitrogens with zero attached hydrogens (tertiary/aromatic N) is 1. The Bertz CT molecular complexity index is 1300. The van der Waals surface area contributed by atoms with Crippen molar-refractivity contribution in [2.24, 2.45) is 5.92 Å². The third kappa shape index (κ3) is 8.46. The molecule has 2 atom stereocenters. The van der Waals surface area contributed by atoms with E-state index in [1.165, 1.54) is 6.92 Å². The van der Waals surface area contributed by atoms with Crippen LogP contribution in [-0.2, 0) is 25.6 Å². The van der Waals surface area contributed by atoms with Gasteiger partial charge in [-0.05, 0) is 36.8 Å². The van der Waals surface area contributed by atoms with Crippen molar-refractivity contribution < 1.29 is 23.9 Å². The van der Waals surface area contributed by atoms with Crippen molar-refractivity contribution >= 4 is 29.7 Å². The van der Waals surface area contributed by atoms with Crippen LogP contribution in [0.4, 0.5) is 0 Å². The van der Waals surface area contributed by atoms with Gasteiger partial charge in [-0.3, -0.25) is 19.2 Å². The van der Waals surface area contributed by atoms with Gasteiger partial charge in [-0.1, -0.05) is 87.4 Å². The molecule has 9 heteroatoms. The van der Waals surface area contributed by atoms with Crippen molar-refractivity contribution in [2.45, 2.75) is 76.9 Å². The van der Waals surface area contributed by atoms with Crippen LogP contribution in [0.25, 0.3) is 6.08 Å². The molecule has 0 saturated heterocycles. The van der Waals surface area contributed by atoms with E-state index in [-0.39, 0.29) is 49.2 Å². The molecule has 4 rings (SSSR count). The first-order valence-electron chi connectivity index (χ1n) is 15.3. The molecule has 1 spiro atoms. The monoisotopic (exact) mass is 588 g/mol. The van der Waals surface area contributed by atoms with Gasteiger partial charge in [-0.2, -0.15) is 0 Å². The number of carbonyl (C=O) groups is 4. The standard InChI is InChI=1S/C34H44N4O5/c1-24(2)22-29-32(41)37-34(17-9-10-18-34)33(42)36-28(23-26-12-5-4-6-13-26)31(40)35-19-11-15-27-14-7-8-16-30(27)43-21-20-38(29)25(3)39/h4-8,11-16,24,28-29H,9-10,17-23H2,1-3H3,(H,35,40)(H,36,42)(H,37,41)/b15-11-/t28-,29-/m0/s1. The highest BCUT2D eigenvalue weighted by Gasteiger charge is 2.45. The maximum atomic E-state index is 14.0. The second-order valence-electron chi connectivity index (χ2n) is 11.9. The van der Waals surface area contributed by atoms with Gasteiger partial charge in [-0.15, -0.1) is 0 Å².